The molecular weight excluding hydrogens is 371 g/mol. The van der Waals surface area contributed by atoms with E-state index in [1.165, 1.54) is 17.4 Å². The summed E-state index contributed by atoms with van der Waals surface area (Å²) in [4.78, 5) is 36.7. The summed E-state index contributed by atoms with van der Waals surface area (Å²) in [5, 5.41) is 6.87. The standard InChI is InChI=1S/C19H21FN2O4S/c1-12(2)17(22-18(24)15-8-5-9-27-15)19(25)26-11-16(23)21-10-13-6-3-4-7-14(13)20/h3-9,12,17H,10-11H2,1-2H3,(H,21,23)(H,22,24)/t17-/m0/s1. The van der Waals surface area contributed by atoms with E-state index in [0.717, 1.165) is 0 Å². The topological polar surface area (TPSA) is 84.5 Å². The number of hydrogen-bond donors (Lipinski definition) is 2. The molecule has 144 valence electrons. The van der Waals surface area contributed by atoms with Crippen LogP contribution in [0.3, 0.4) is 0 Å². The molecule has 0 unspecified atom stereocenters. The van der Waals surface area contributed by atoms with E-state index in [-0.39, 0.29) is 18.4 Å². The lowest BCUT2D eigenvalue weighted by molar-refractivity contribution is -0.151. The third-order valence-electron chi connectivity index (χ3n) is 3.73. The van der Waals surface area contributed by atoms with Gasteiger partial charge in [-0.2, -0.15) is 0 Å². The van der Waals surface area contributed by atoms with E-state index in [9.17, 15) is 18.8 Å². The summed E-state index contributed by atoms with van der Waals surface area (Å²) >= 11 is 1.26. The Morgan fingerprint density at radius 2 is 1.89 bits per heavy atom. The zero-order chi connectivity index (χ0) is 19.8. The van der Waals surface area contributed by atoms with Crippen LogP contribution in [-0.2, 0) is 20.9 Å². The lowest BCUT2D eigenvalue weighted by atomic mass is 10.0. The molecule has 1 heterocycles. The fourth-order valence-electron chi connectivity index (χ4n) is 2.23. The van der Waals surface area contributed by atoms with Crippen molar-refractivity contribution in [1.82, 2.24) is 10.6 Å². The molecule has 0 saturated heterocycles. The molecule has 8 heteroatoms. The molecule has 27 heavy (non-hydrogen) atoms. The second-order valence-corrected chi connectivity index (χ2v) is 7.10. The average molecular weight is 392 g/mol. The van der Waals surface area contributed by atoms with Crippen molar-refractivity contribution in [3.63, 3.8) is 0 Å². The highest BCUT2D eigenvalue weighted by Gasteiger charge is 2.27. The van der Waals surface area contributed by atoms with Gasteiger partial charge in [-0.1, -0.05) is 38.1 Å². The number of nitrogens with one attached hydrogen (secondary N) is 2. The van der Waals surface area contributed by atoms with Crippen LogP contribution >= 0.6 is 11.3 Å². The molecule has 0 bridgehead atoms. The second-order valence-electron chi connectivity index (χ2n) is 6.15. The smallest absolute Gasteiger partial charge is 0.329 e. The zero-order valence-electron chi connectivity index (χ0n) is 15.0. The third kappa shape index (κ3) is 6.18. The van der Waals surface area contributed by atoms with Gasteiger partial charge in [-0.3, -0.25) is 9.59 Å². The number of benzene rings is 1. The van der Waals surface area contributed by atoms with Crippen molar-refractivity contribution in [2.24, 2.45) is 5.92 Å². The van der Waals surface area contributed by atoms with E-state index in [2.05, 4.69) is 10.6 Å². The van der Waals surface area contributed by atoms with Crippen LogP contribution in [0, 0.1) is 11.7 Å². The van der Waals surface area contributed by atoms with Crippen LogP contribution in [0.1, 0.15) is 29.1 Å². The molecule has 2 N–H and O–H groups in total. The monoisotopic (exact) mass is 392 g/mol. The van der Waals surface area contributed by atoms with Crippen molar-refractivity contribution in [1.29, 1.82) is 0 Å². The number of esters is 1. The summed E-state index contributed by atoms with van der Waals surface area (Å²) < 4.78 is 18.5. The Balaban J connectivity index is 1.83. The van der Waals surface area contributed by atoms with E-state index >= 15 is 0 Å². The zero-order valence-corrected chi connectivity index (χ0v) is 15.8. The number of carbonyl (C=O) groups excluding carboxylic acids is 3. The molecule has 1 atom stereocenters. The van der Waals surface area contributed by atoms with Gasteiger partial charge in [0.2, 0.25) is 0 Å². The van der Waals surface area contributed by atoms with Crippen molar-refractivity contribution >= 4 is 29.1 Å². The molecular formula is C19H21FN2O4S. The Morgan fingerprint density at radius 3 is 2.52 bits per heavy atom. The molecule has 1 aromatic heterocycles. The van der Waals surface area contributed by atoms with Crippen LogP contribution in [0.2, 0.25) is 0 Å². The van der Waals surface area contributed by atoms with E-state index in [0.29, 0.717) is 10.4 Å². The lowest BCUT2D eigenvalue weighted by Crippen LogP contribution is -2.46. The van der Waals surface area contributed by atoms with E-state index < -0.39 is 30.3 Å². The fraction of sp³-hybridized carbons (Fsp3) is 0.316. The van der Waals surface area contributed by atoms with E-state index in [1.807, 2.05) is 0 Å². The van der Waals surface area contributed by atoms with Gasteiger partial charge in [0.05, 0.1) is 4.88 Å². The lowest BCUT2D eigenvalue weighted by Gasteiger charge is -2.20. The molecule has 2 aromatic rings. The van der Waals surface area contributed by atoms with Crippen molar-refractivity contribution in [3.8, 4) is 0 Å². The summed E-state index contributed by atoms with van der Waals surface area (Å²) in [5.41, 5.74) is 0.334. The maximum absolute atomic E-state index is 13.5. The predicted octanol–water partition coefficient (Wildman–Crippen LogP) is 2.50. The number of amides is 2. The van der Waals surface area contributed by atoms with Crippen LogP contribution in [0.25, 0.3) is 0 Å². The van der Waals surface area contributed by atoms with E-state index in [4.69, 9.17) is 4.74 Å². The summed E-state index contributed by atoms with van der Waals surface area (Å²) in [6.07, 6.45) is 0. The summed E-state index contributed by atoms with van der Waals surface area (Å²) in [5.74, 6) is -2.27. The van der Waals surface area contributed by atoms with Gasteiger partial charge in [0, 0.05) is 12.1 Å². The van der Waals surface area contributed by atoms with Crippen molar-refractivity contribution in [2.75, 3.05) is 6.61 Å². The molecule has 0 fully saturated rings. The van der Waals surface area contributed by atoms with Crippen molar-refractivity contribution in [2.45, 2.75) is 26.4 Å². The van der Waals surface area contributed by atoms with Crippen LogP contribution < -0.4 is 10.6 Å². The first-order chi connectivity index (χ1) is 12.9. The van der Waals surface area contributed by atoms with Crippen LogP contribution in [0.4, 0.5) is 4.39 Å². The number of hydrogen-bond acceptors (Lipinski definition) is 5. The average Bonchev–Trinajstić information content (AvgIpc) is 3.18. The molecule has 2 rings (SSSR count). The van der Waals surface area contributed by atoms with Gasteiger partial charge >= 0.3 is 5.97 Å². The molecule has 2 amide bonds. The molecule has 1 aromatic carbocycles. The summed E-state index contributed by atoms with van der Waals surface area (Å²) in [7, 11) is 0. The Morgan fingerprint density at radius 1 is 1.15 bits per heavy atom. The fourth-order valence-corrected chi connectivity index (χ4v) is 2.86. The van der Waals surface area contributed by atoms with Gasteiger partial charge in [0.1, 0.15) is 11.9 Å². The molecule has 0 saturated carbocycles. The minimum Gasteiger partial charge on any atom is -0.454 e. The van der Waals surface area contributed by atoms with Crippen LogP contribution in [-0.4, -0.2) is 30.4 Å². The quantitative estimate of drug-likeness (QED) is 0.676. The highest BCUT2D eigenvalue weighted by atomic mass is 32.1. The van der Waals surface area contributed by atoms with Crippen LogP contribution in [0.5, 0.6) is 0 Å². The van der Waals surface area contributed by atoms with Gasteiger partial charge in [0.15, 0.2) is 6.61 Å². The van der Waals surface area contributed by atoms with Gasteiger partial charge in [-0.25, -0.2) is 9.18 Å². The minimum absolute atomic E-state index is 0.00815. The Bertz CT molecular complexity index is 793. The number of halogens is 1. The Kier molecular flexibility index (Phi) is 7.48. The number of thiophene rings is 1. The summed E-state index contributed by atoms with van der Waals surface area (Å²) in [6.45, 7) is 3.01. The number of rotatable bonds is 8. The Labute approximate surface area is 160 Å². The first-order valence-electron chi connectivity index (χ1n) is 8.39. The molecule has 6 nitrogen and oxygen atoms in total. The number of carbonyl (C=O) groups is 3. The minimum atomic E-state index is -0.876. The highest BCUT2D eigenvalue weighted by Crippen LogP contribution is 2.11. The Hall–Kier alpha value is -2.74. The van der Waals surface area contributed by atoms with Gasteiger partial charge in [-0.15, -0.1) is 11.3 Å². The normalized spacial score (nSPS) is 11.7. The molecule has 0 radical (unpaired) electrons. The van der Waals surface area contributed by atoms with Gasteiger partial charge in [0.25, 0.3) is 11.8 Å². The van der Waals surface area contributed by atoms with E-state index in [1.54, 1.807) is 49.6 Å². The molecule has 0 aliphatic rings. The first-order valence-corrected chi connectivity index (χ1v) is 9.27. The maximum atomic E-state index is 13.5. The summed E-state index contributed by atoms with van der Waals surface area (Å²) in [6, 6.07) is 8.58. The molecule has 0 aliphatic carbocycles. The highest BCUT2D eigenvalue weighted by molar-refractivity contribution is 7.12. The molecule has 0 aliphatic heterocycles. The number of ether oxygens (including phenoxy) is 1. The van der Waals surface area contributed by atoms with Crippen molar-refractivity contribution in [3.05, 3.63) is 58.0 Å². The SMILES string of the molecule is CC(C)[C@H](NC(=O)c1cccs1)C(=O)OCC(=O)NCc1ccccc1F. The largest absolute Gasteiger partial charge is 0.454 e. The second kappa shape index (κ2) is 9.82. The third-order valence-corrected chi connectivity index (χ3v) is 4.60. The maximum Gasteiger partial charge on any atom is 0.329 e. The molecule has 0 spiro atoms. The van der Waals surface area contributed by atoms with Crippen molar-refractivity contribution < 1.29 is 23.5 Å². The first kappa shape index (κ1) is 20.6. The van der Waals surface area contributed by atoms with Gasteiger partial charge in [-0.05, 0) is 23.4 Å². The van der Waals surface area contributed by atoms with Gasteiger partial charge < -0.3 is 15.4 Å². The predicted molar refractivity (Wildman–Crippen MR) is 99.6 cm³/mol. The van der Waals surface area contributed by atoms with Crippen LogP contribution in [0.15, 0.2) is 41.8 Å².